The van der Waals surface area contributed by atoms with Gasteiger partial charge < -0.3 is 24.8 Å². The number of ether oxygens (including phenoxy) is 3. The molecule has 2 aromatic carbocycles. The van der Waals surface area contributed by atoms with Crippen molar-refractivity contribution in [2.45, 2.75) is 13.0 Å². The molecular weight excluding hydrogens is 360 g/mol. The van der Waals surface area contributed by atoms with Crippen LogP contribution in [0.4, 0.5) is 4.79 Å². The van der Waals surface area contributed by atoms with Gasteiger partial charge in [0.1, 0.15) is 11.5 Å². The van der Waals surface area contributed by atoms with E-state index in [2.05, 4.69) is 10.6 Å². The highest BCUT2D eigenvalue weighted by atomic mass is 16.5. The van der Waals surface area contributed by atoms with Gasteiger partial charge in [-0.2, -0.15) is 0 Å². The maximum Gasteiger partial charge on any atom is 0.338 e. The van der Waals surface area contributed by atoms with Crippen LogP contribution < -0.4 is 20.1 Å². The molecule has 1 aliphatic rings. The number of methoxy groups -OCH3 is 2. The Labute approximate surface area is 163 Å². The third-order valence-electron chi connectivity index (χ3n) is 4.38. The number of benzene rings is 2. The van der Waals surface area contributed by atoms with E-state index >= 15 is 0 Å². The molecule has 2 N–H and O–H groups in total. The van der Waals surface area contributed by atoms with Gasteiger partial charge in [0.2, 0.25) is 0 Å². The fourth-order valence-corrected chi connectivity index (χ4v) is 3.05. The molecule has 0 spiro atoms. The third-order valence-corrected chi connectivity index (χ3v) is 4.38. The molecule has 0 aliphatic carbocycles. The monoisotopic (exact) mass is 382 g/mol. The van der Waals surface area contributed by atoms with Gasteiger partial charge in [-0.1, -0.05) is 12.1 Å². The lowest BCUT2D eigenvalue weighted by molar-refractivity contribution is -0.136. The van der Waals surface area contributed by atoms with Crippen LogP contribution in [-0.2, 0) is 9.53 Å². The highest BCUT2D eigenvalue weighted by Gasteiger charge is 2.34. The molecule has 1 atom stereocenters. The summed E-state index contributed by atoms with van der Waals surface area (Å²) >= 11 is 0. The second kappa shape index (κ2) is 8.47. The van der Waals surface area contributed by atoms with Gasteiger partial charge in [-0.15, -0.1) is 0 Å². The van der Waals surface area contributed by atoms with Crippen molar-refractivity contribution < 1.29 is 23.8 Å². The Morgan fingerprint density at radius 2 is 1.64 bits per heavy atom. The maximum atomic E-state index is 12.6. The highest BCUT2D eigenvalue weighted by Crippen LogP contribution is 2.33. The van der Waals surface area contributed by atoms with Crippen molar-refractivity contribution in [1.29, 1.82) is 0 Å². The van der Waals surface area contributed by atoms with Gasteiger partial charge in [0, 0.05) is 0 Å². The second-order valence-corrected chi connectivity index (χ2v) is 6.04. The molecule has 7 nitrogen and oxygen atoms in total. The van der Waals surface area contributed by atoms with Crippen LogP contribution in [0, 0.1) is 0 Å². The summed E-state index contributed by atoms with van der Waals surface area (Å²) in [6.45, 7) is 2.46. The zero-order valence-electron chi connectivity index (χ0n) is 15.9. The van der Waals surface area contributed by atoms with E-state index in [1.165, 1.54) is 7.11 Å². The summed E-state index contributed by atoms with van der Waals surface area (Å²) in [4.78, 5) is 24.9. The molecule has 1 unspecified atom stereocenters. The predicted octanol–water partition coefficient (Wildman–Crippen LogP) is 3.03. The summed E-state index contributed by atoms with van der Waals surface area (Å²) in [6, 6.07) is 13.2. The Balaban J connectivity index is 2.08. The summed E-state index contributed by atoms with van der Waals surface area (Å²) in [7, 11) is 2.88. The SMILES string of the molecule is CCOc1ccc(C2NC(=O)NC(c3ccc(OC)cc3)=C2C(=O)OC)cc1. The first kappa shape index (κ1) is 19.3. The number of carbonyl (C=O) groups is 2. The van der Waals surface area contributed by atoms with Gasteiger partial charge in [0.05, 0.1) is 38.1 Å². The smallest absolute Gasteiger partial charge is 0.338 e. The lowest BCUT2D eigenvalue weighted by Crippen LogP contribution is -2.45. The van der Waals surface area contributed by atoms with Crippen molar-refractivity contribution in [2.24, 2.45) is 0 Å². The Hall–Kier alpha value is -3.48. The maximum absolute atomic E-state index is 12.6. The molecule has 0 aromatic heterocycles. The van der Waals surface area contributed by atoms with Crippen molar-refractivity contribution >= 4 is 17.7 Å². The minimum absolute atomic E-state index is 0.316. The molecule has 0 bridgehead atoms. The summed E-state index contributed by atoms with van der Waals surface area (Å²) in [5.74, 6) is 0.856. The number of urea groups is 1. The van der Waals surface area contributed by atoms with E-state index < -0.39 is 18.0 Å². The van der Waals surface area contributed by atoms with E-state index in [0.29, 0.717) is 34.9 Å². The summed E-state index contributed by atoms with van der Waals surface area (Å²) < 4.78 is 15.6. The number of nitrogens with one attached hydrogen (secondary N) is 2. The average molecular weight is 382 g/mol. The topological polar surface area (TPSA) is 85.9 Å². The molecule has 3 rings (SSSR count). The average Bonchev–Trinajstić information content (AvgIpc) is 2.73. The quantitative estimate of drug-likeness (QED) is 0.750. The van der Waals surface area contributed by atoms with Crippen LogP contribution in [0.3, 0.4) is 0 Å². The zero-order chi connectivity index (χ0) is 20.1. The molecule has 28 heavy (non-hydrogen) atoms. The number of rotatable bonds is 6. The first-order chi connectivity index (χ1) is 13.6. The van der Waals surface area contributed by atoms with Crippen molar-refractivity contribution in [1.82, 2.24) is 10.6 Å². The Bertz CT molecular complexity index is 888. The standard InChI is InChI=1S/C21H22N2O5/c1-4-28-16-11-7-14(8-12-16)19-17(20(24)27-3)18(22-21(25)23-19)13-5-9-15(26-2)10-6-13/h5-12,19H,4H2,1-3H3,(H2,22,23,25). The number of carbonyl (C=O) groups excluding carboxylic acids is 2. The number of amides is 2. The minimum Gasteiger partial charge on any atom is -0.497 e. The Kier molecular flexibility index (Phi) is 5.84. The van der Waals surface area contributed by atoms with E-state index in [0.717, 1.165) is 5.56 Å². The largest absolute Gasteiger partial charge is 0.497 e. The molecule has 0 saturated carbocycles. The van der Waals surface area contributed by atoms with Crippen LogP contribution in [0.1, 0.15) is 24.1 Å². The minimum atomic E-state index is -0.658. The first-order valence-electron chi connectivity index (χ1n) is 8.84. The van der Waals surface area contributed by atoms with Crippen molar-refractivity contribution in [3.63, 3.8) is 0 Å². The number of hydrogen-bond donors (Lipinski definition) is 2. The third kappa shape index (κ3) is 3.93. The van der Waals surface area contributed by atoms with Crippen LogP contribution in [0.25, 0.3) is 5.70 Å². The fourth-order valence-electron chi connectivity index (χ4n) is 3.05. The molecule has 1 heterocycles. The molecule has 0 radical (unpaired) electrons. The molecule has 0 saturated heterocycles. The second-order valence-electron chi connectivity index (χ2n) is 6.04. The lowest BCUT2D eigenvalue weighted by Gasteiger charge is -2.29. The van der Waals surface area contributed by atoms with Gasteiger partial charge in [-0.3, -0.25) is 0 Å². The van der Waals surface area contributed by atoms with Gasteiger partial charge in [0.15, 0.2) is 0 Å². The van der Waals surface area contributed by atoms with Gasteiger partial charge in [0.25, 0.3) is 0 Å². The summed E-state index contributed by atoms with van der Waals surface area (Å²) in [6.07, 6.45) is 0. The van der Waals surface area contributed by atoms with Gasteiger partial charge in [-0.25, -0.2) is 9.59 Å². The highest BCUT2D eigenvalue weighted by molar-refractivity contribution is 6.04. The normalized spacial score (nSPS) is 16.1. The molecular formula is C21H22N2O5. The van der Waals surface area contributed by atoms with Crippen LogP contribution in [0.5, 0.6) is 11.5 Å². The van der Waals surface area contributed by atoms with Crippen molar-refractivity contribution in [3.05, 3.63) is 65.2 Å². The molecule has 2 aromatic rings. The predicted molar refractivity (Wildman–Crippen MR) is 104 cm³/mol. The van der Waals surface area contributed by atoms with Crippen LogP contribution >= 0.6 is 0 Å². The van der Waals surface area contributed by atoms with Gasteiger partial charge >= 0.3 is 12.0 Å². The summed E-state index contributed by atoms with van der Waals surface area (Å²) in [5.41, 5.74) is 2.13. The number of esters is 1. The molecule has 1 aliphatic heterocycles. The Morgan fingerprint density at radius 1 is 1.00 bits per heavy atom. The summed E-state index contributed by atoms with van der Waals surface area (Å²) in [5, 5.41) is 5.53. The van der Waals surface area contributed by atoms with Crippen molar-refractivity contribution in [2.75, 3.05) is 20.8 Å². The van der Waals surface area contributed by atoms with E-state index in [4.69, 9.17) is 14.2 Å². The molecule has 146 valence electrons. The van der Waals surface area contributed by atoms with Gasteiger partial charge in [-0.05, 0) is 54.4 Å². The molecule has 0 fully saturated rings. The van der Waals surface area contributed by atoms with Crippen LogP contribution in [0.2, 0.25) is 0 Å². The fraction of sp³-hybridized carbons (Fsp3) is 0.238. The van der Waals surface area contributed by atoms with E-state index in [1.54, 1.807) is 43.5 Å². The zero-order valence-corrected chi connectivity index (χ0v) is 15.9. The molecule has 2 amide bonds. The van der Waals surface area contributed by atoms with E-state index in [1.807, 2.05) is 19.1 Å². The van der Waals surface area contributed by atoms with Crippen LogP contribution in [0.15, 0.2) is 54.1 Å². The first-order valence-corrected chi connectivity index (χ1v) is 8.84. The van der Waals surface area contributed by atoms with E-state index in [-0.39, 0.29) is 0 Å². The van der Waals surface area contributed by atoms with Crippen molar-refractivity contribution in [3.8, 4) is 11.5 Å². The van der Waals surface area contributed by atoms with Crippen LogP contribution in [-0.4, -0.2) is 32.8 Å². The number of hydrogen-bond acceptors (Lipinski definition) is 5. The lowest BCUT2D eigenvalue weighted by atomic mass is 9.92. The molecule has 7 heteroatoms. The Morgan fingerprint density at radius 3 is 2.21 bits per heavy atom. The van der Waals surface area contributed by atoms with E-state index in [9.17, 15) is 9.59 Å².